The fourth-order valence-electron chi connectivity index (χ4n) is 1.77. The highest BCUT2D eigenvalue weighted by Gasteiger charge is 2.21. The maximum absolute atomic E-state index is 9.34. The van der Waals surface area contributed by atoms with Crippen molar-refractivity contribution in [2.24, 2.45) is 11.7 Å². The van der Waals surface area contributed by atoms with E-state index in [4.69, 9.17) is 10.5 Å². The molecule has 3 nitrogen and oxygen atoms in total. The molecular weight excluding hydrogens is 226 g/mol. The predicted molar refractivity (Wildman–Crippen MR) is 74.8 cm³/mol. The molecule has 1 aromatic rings. The van der Waals surface area contributed by atoms with Crippen LogP contribution in [0.1, 0.15) is 39.2 Å². The third kappa shape index (κ3) is 4.00. The second kappa shape index (κ2) is 6.76. The van der Waals surface area contributed by atoms with Crippen molar-refractivity contribution in [1.29, 1.82) is 0 Å². The monoisotopic (exact) mass is 251 g/mol. The SMILES string of the molecule is CC(C)c1ccc(OC(CO)C(N)C(C)C)cc1. The van der Waals surface area contributed by atoms with Gasteiger partial charge in [0.2, 0.25) is 0 Å². The molecule has 0 aromatic heterocycles. The smallest absolute Gasteiger partial charge is 0.137 e. The molecule has 0 spiro atoms. The summed E-state index contributed by atoms with van der Waals surface area (Å²) in [5, 5.41) is 9.34. The molecule has 1 aromatic carbocycles. The highest BCUT2D eigenvalue weighted by Crippen LogP contribution is 2.20. The van der Waals surface area contributed by atoms with Crippen LogP contribution in [0.3, 0.4) is 0 Å². The summed E-state index contributed by atoms with van der Waals surface area (Å²) in [5.74, 6) is 1.54. The summed E-state index contributed by atoms with van der Waals surface area (Å²) in [4.78, 5) is 0. The zero-order valence-electron chi connectivity index (χ0n) is 11.8. The molecule has 0 aliphatic carbocycles. The lowest BCUT2D eigenvalue weighted by Gasteiger charge is -2.26. The Morgan fingerprint density at radius 2 is 1.67 bits per heavy atom. The van der Waals surface area contributed by atoms with Crippen LogP contribution in [0.4, 0.5) is 0 Å². The maximum Gasteiger partial charge on any atom is 0.137 e. The molecule has 0 amide bonds. The largest absolute Gasteiger partial charge is 0.486 e. The number of hydrogen-bond donors (Lipinski definition) is 2. The van der Waals surface area contributed by atoms with Gasteiger partial charge in [-0.15, -0.1) is 0 Å². The third-order valence-corrected chi connectivity index (χ3v) is 3.21. The van der Waals surface area contributed by atoms with E-state index in [1.165, 1.54) is 5.56 Å². The minimum atomic E-state index is -0.352. The van der Waals surface area contributed by atoms with Gasteiger partial charge in [0.05, 0.1) is 6.61 Å². The van der Waals surface area contributed by atoms with Crippen molar-refractivity contribution in [3.63, 3.8) is 0 Å². The number of aliphatic hydroxyl groups is 1. The summed E-state index contributed by atoms with van der Waals surface area (Å²) in [5.41, 5.74) is 7.29. The second-order valence-corrected chi connectivity index (χ2v) is 5.38. The Morgan fingerprint density at radius 3 is 2.06 bits per heavy atom. The Balaban J connectivity index is 2.70. The van der Waals surface area contributed by atoms with Crippen molar-refractivity contribution in [1.82, 2.24) is 0 Å². The van der Waals surface area contributed by atoms with E-state index in [2.05, 4.69) is 26.0 Å². The van der Waals surface area contributed by atoms with Crippen LogP contribution in [0.2, 0.25) is 0 Å². The lowest BCUT2D eigenvalue weighted by atomic mass is 10.00. The average molecular weight is 251 g/mol. The number of benzene rings is 1. The molecule has 0 aliphatic rings. The molecule has 0 bridgehead atoms. The molecule has 3 heteroatoms. The summed E-state index contributed by atoms with van der Waals surface area (Å²) in [6.45, 7) is 8.30. The van der Waals surface area contributed by atoms with Gasteiger partial charge in [-0.05, 0) is 29.5 Å². The van der Waals surface area contributed by atoms with Crippen molar-refractivity contribution in [2.45, 2.75) is 45.8 Å². The minimum Gasteiger partial charge on any atom is -0.486 e. The van der Waals surface area contributed by atoms with E-state index >= 15 is 0 Å². The molecule has 0 radical (unpaired) electrons. The first-order valence-corrected chi connectivity index (χ1v) is 6.58. The van der Waals surface area contributed by atoms with Gasteiger partial charge in [-0.2, -0.15) is 0 Å². The molecular formula is C15H25NO2. The number of aliphatic hydroxyl groups excluding tert-OH is 1. The molecule has 0 saturated heterocycles. The van der Waals surface area contributed by atoms with E-state index in [0.29, 0.717) is 5.92 Å². The van der Waals surface area contributed by atoms with Gasteiger partial charge in [0.15, 0.2) is 0 Å². The topological polar surface area (TPSA) is 55.5 Å². The summed E-state index contributed by atoms with van der Waals surface area (Å²) >= 11 is 0. The van der Waals surface area contributed by atoms with Crippen LogP contribution in [-0.4, -0.2) is 23.9 Å². The molecule has 2 atom stereocenters. The molecule has 18 heavy (non-hydrogen) atoms. The number of ether oxygens (including phenoxy) is 1. The van der Waals surface area contributed by atoms with Crippen LogP contribution in [0.25, 0.3) is 0 Å². The Labute approximate surface area is 110 Å². The maximum atomic E-state index is 9.34. The van der Waals surface area contributed by atoms with E-state index in [-0.39, 0.29) is 24.7 Å². The molecule has 0 fully saturated rings. The highest BCUT2D eigenvalue weighted by molar-refractivity contribution is 5.29. The molecule has 2 unspecified atom stereocenters. The number of rotatable bonds is 6. The summed E-state index contributed by atoms with van der Waals surface area (Å²) in [6.07, 6.45) is -0.352. The van der Waals surface area contributed by atoms with Crippen LogP contribution in [-0.2, 0) is 0 Å². The van der Waals surface area contributed by atoms with Crippen molar-refractivity contribution in [3.8, 4) is 5.75 Å². The van der Waals surface area contributed by atoms with E-state index < -0.39 is 0 Å². The summed E-state index contributed by atoms with van der Waals surface area (Å²) in [7, 11) is 0. The van der Waals surface area contributed by atoms with Crippen molar-refractivity contribution >= 4 is 0 Å². The second-order valence-electron chi connectivity index (χ2n) is 5.38. The number of hydrogen-bond acceptors (Lipinski definition) is 3. The molecule has 0 aliphatic heterocycles. The Bertz CT molecular complexity index is 346. The molecule has 3 N–H and O–H groups in total. The predicted octanol–water partition coefficient (Wildman–Crippen LogP) is 2.53. The Hall–Kier alpha value is -1.06. The molecule has 0 saturated carbocycles. The molecule has 102 valence electrons. The van der Waals surface area contributed by atoms with Gasteiger partial charge in [-0.3, -0.25) is 0 Å². The highest BCUT2D eigenvalue weighted by atomic mass is 16.5. The van der Waals surface area contributed by atoms with E-state index in [0.717, 1.165) is 5.75 Å². The lowest BCUT2D eigenvalue weighted by molar-refractivity contribution is 0.0811. The van der Waals surface area contributed by atoms with Gasteiger partial charge in [-0.1, -0.05) is 39.8 Å². The first-order chi connectivity index (χ1) is 8.45. The first-order valence-electron chi connectivity index (χ1n) is 6.58. The average Bonchev–Trinajstić information content (AvgIpc) is 2.35. The third-order valence-electron chi connectivity index (χ3n) is 3.21. The minimum absolute atomic E-state index is 0.0642. The van der Waals surface area contributed by atoms with E-state index in [1.807, 2.05) is 26.0 Å². The first kappa shape index (κ1) is 15.0. The quantitative estimate of drug-likeness (QED) is 0.817. The van der Waals surface area contributed by atoms with Gasteiger partial charge in [-0.25, -0.2) is 0 Å². The Kier molecular flexibility index (Phi) is 5.63. The standard InChI is InChI=1S/C15H25NO2/c1-10(2)12-5-7-13(8-6-12)18-14(9-17)15(16)11(3)4/h5-8,10-11,14-15,17H,9,16H2,1-4H3. The van der Waals surface area contributed by atoms with Crippen molar-refractivity contribution in [2.75, 3.05) is 6.61 Å². The fourth-order valence-corrected chi connectivity index (χ4v) is 1.77. The van der Waals surface area contributed by atoms with Gasteiger partial charge in [0, 0.05) is 6.04 Å². The number of nitrogens with two attached hydrogens (primary N) is 1. The van der Waals surface area contributed by atoms with Crippen LogP contribution in [0.15, 0.2) is 24.3 Å². The molecule has 1 rings (SSSR count). The van der Waals surface area contributed by atoms with Gasteiger partial charge in [0.25, 0.3) is 0 Å². The van der Waals surface area contributed by atoms with Crippen LogP contribution < -0.4 is 10.5 Å². The van der Waals surface area contributed by atoms with Crippen LogP contribution >= 0.6 is 0 Å². The van der Waals surface area contributed by atoms with Crippen LogP contribution in [0.5, 0.6) is 5.75 Å². The summed E-state index contributed by atoms with van der Waals surface area (Å²) < 4.78 is 5.75. The van der Waals surface area contributed by atoms with Gasteiger partial charge >= 0.3 is 0 Å². The zero-order valence-corrected chi connectivity index (χ0v) is 11.8. The van der Waals surface area contributed by atoms with E-state index in [1.54, 1.807) is 0 Å². The molecule has 0 heterocycles. The summed E-state index contributed by atoms with van der Waals surface area (Å²) in [6, 6.07) is 7.81. The van der Waals surface area contributed by atoms with Crippen molar-refractivity contribution in [3.05, 3.63) is 29.8 Å². The van der Waals surface area contributed by atoms with E-state index in [9.17, 15) is 5.11 Å². The Morgan fingerprint density at radius 1 is 1.11 bits per heavy atom. The van der Waals surface area contributed by atoms with Crippen LogP contribution in [0, 0.1) is 5.92 Å². The lowest BCUT2D eigenvalue weighted by Crippen LogP contribution is -2.45. The normalized spacial score (nSPS) is 14.9. The van der Waals surface area contributed by atoms with Crippen molar-refractivity contribution < 1.29 is 9.84 Å². The zero-order chi connectivity index (χ0) is 13.7. The fraction of sp³-hybridized carbons (Fsp3) is 0.600. The van der Waals surface area contributed by atoms with Gasteiger partial charge < -0.3 is 15.6 Å². The van der Waals surface area contributed by atoms with Gasteiger partial charge in [0.1, 0.15) is 11.9 Å².